The van der Waals surface area contributed by atoms with Gasteiger partial charge in [0.15, 0.2) is 5.78 Å². The summed E-state index contributed by atoms with van der Waals surface area (Å²) < 4.78 is 0. The molecule has 1 atom stereocenters. The third kappa shape index (κ3) is 3.22. The second-order valence-electron chi connectivity index (χ2n) is 5.90. The number of carbonyl (C=O) groups excluding carboxylic acids is 1. The first kappa shape index (κ1) is 14.0. The summed E-state index contributed by atoms with van der Waals surface area (Å²) in [4.78, 5) is 12.4. The topological polar surface area (TPSA) is 43.1 Å². The maximum absolute atomic E-state index is 12.4. The molecule has 0 amide bonds. The van der Waals surface area contributed by atoms with Gasteiger partial charge in [-0.3, -0.25) is 4.79 Å². The van der Waals surface area contributed by atoms with Gasteiger partial charge in [-0.15, -0.1) is 0 Å². The first-order valence-corrected chi connectivity index (χ1v) is 7.68. The van der Waals surface area contributed by atoms with Crippen molar-refractivity contribution in [3.05, 3.63) is 71.3 Å². The summed E-state index contributed by atoms with van der Waals surface area (Å²) >= 11 is 0. The Labute approximate surface area is 126 Å². The van der Waals surface area contributed by atoms with Gasteiger partial charge in [0.25, 0.3) is 0 Å². The lowest BCUT2D eigenvalue weighted by Crippen LogP contribution is -2.16. The van der Waals surface area contributed by atoms with E-state index in [9.17, 15) is 4.79 Å². The Morgan fingerprint density at radius 2 is 1.86 bits per heavy atom. The highest BCUT2D eigenvalue weighted by molar-refractivity contribution is 5.96. The molecule has 2 aromatic rings. The summed E-state index contributed by atoms with van der Waals surface area (Å²) in [6.45, 7) is 0. The summed E-state index contributed by atoms with van der Waals surface area (Å²) in [5, 5.41) is 0. The quantitative estimate of drug-likeness (QED) is 0.832. The summed E-state index contributed by atoms with van der Waals surface area (Å²) in [6.07, 6.45) is 4.17. The lowest BCUT2D eigenvalue weighted by Gasteiger charge is -2.26. The zero-order valence-corrected chi connectivity index (χ0v) is 12.2. The maximum atomic E-state index is 12.4. The molecule has 0 bridgehead atoms. The molecule has 1 unspecified atom stereocenters. The minimum atomic E-state index is -0.231. The van der Waals surface area contributed by atoms with E-state index in [1.807, 2.05) is 42.5 Å². The summed E-state index contributed by atoms with van der Waals surface area (Å²) in [7, 11) is 0. The highest BCUT2D eigenvalue weighted by atomic mass is 16.1. The van der Waals surface area contributed by atoms with Gasteiger partial charge in [-0.05, 0) is 36.0 Å². The molecular formula is C19H21NO. The van der Waals surface area contributed by atoms with E-state index in [0.29, 0.717) is 12.3 Å². The second kappa shape index (κ2) is 6.23. The van der Waals surface area contributed by atoms with E-state index in [-0.39, 0.29) is 11.8 Å². The normalized spacial score (nSPS) is 16.2. The predicted molar refractivity (Wildman–Crippen MR) is 85.4 cm³/mol. The highest BCUT2D eigenvalue weighted by Gasteiger charge is 2.20. The van der Waals surface area contributed by atoms with Crippen molar-refractivity contribution in [1.29, 1.82) is 0 Å². The molecule has 1 aliphatic carbocycles. The Hall–Kier alpha value is -1.93. The predicted octanol–water partition coefficient (Wildman–Crippen LogP) is 4.23. The van der Waals surface area contributed by atoms with Gasteiger partial charge in [-0.25, -0.2) is 0 Å². The molecule has 108 valence electrons. The summed E-state index contributed by atoms with van der Waals surface area (Å²) in [6, 6.07) is 17.7. The van der Waals surface area contributed by atoms with Gasteiger partial charge in [0.1, 0.15) is 0 Å². The van der Waals surface area contributed by atoms with Crippen LogP contribution in [-0.4, -0.2) is 5.78 Å². The molecule has 0 heterocycles. The first-order valence-electron chi connectivity index (χ1n) is 7.68. The minimum Gasteiger partial charge on any atom is -0.324 e. The Morgan fingerprint density at radius 1 is 1.10 bits per heavy atom. The van der Waals surface area contributed by atoms with Gasteiger partial charge in [-0.2, -0.15) is 0 Å². The van der Waals surface area contributed by atoms with E-state index in [0.717, 1.165) is 11.1 Å². The SMILES string of the molecule is NC(CC(=O)c1cccc(C2CCC2)c1)c1ccccc1. The van der Waals surface area contributed by atoms with Crippen molar-refractivity contribution >= 4 is 5.78 Å². The van der Waals surface area contributed by atoms with Crippen molar-refractivity contribution in [2.75, 3.05) is 0 Å². The Morgan fingerprint density at radius 3 is 2.52 bits per heavy atom. The molecule has 1 saturated carbocycles. The molecule has 2 nitrogen and oxygen atoms in total. The number of Topliss-reactive ketones (excluding diaryl/α,β-unsaturated/α-hetero) is 1. The number of hydrogen-bond acceptors (Lipinski definition) is 2. The number of hydrogen-bond donors (Lipinski definition) is 1. The monoisotopic (exact) mass is 279 g/mol. The van der Waals surface area contributed by atoms with E-state index >= 15 is 0 Å². The number of carbonyl (C=O) groups is 1. The van der Waals surface area contributed by atoms with E-state index in [4.69, 9.17) is 5.73 Å². The van der Waals surface area contributed by atoms with Crippen LogP contribution in [0.5, 0.6) is 0 Å². The van der Waals surface area contributed by atoms with Crippen LogP contribution in [0.1, 0.15) is 59.1 Å². The maximum Gasteiger partial charge on any atom is 0.164 e. The van der Waals surface area contributed by atoms with E-state index in [1.165, 1.54) is 24.8 Å². The van der Waals surface area contributed by atoms with Crippen molar-refractivity contribution in [1.82, 2.24) is 0 Å². The van der Waals surface area contributed by atoms with Gasteiger partial charge >= 0.3 is 0 Å². The lowest BCUT2D eigenvalue weighted by atomic mass is 9.79. The molecule has 0 spiro atoms. The summed E-state index contributed by atoms with van der Waals surface area (Å²) in [5.41, 5.74) is 9.27. The fraction of sp³-hybridized carbons (Fsp3) is 0.316. The Balaban J connectivity index is 1.70. The van der Waals surface area contributed by atoms with Crippen molar-refractivity contribution in [3.63, 3.8) is 0 Å². The molecule has 21 heavy (non-hydrogen) atoms. The number of nitrogens with two attached hydrogens (primary N) is 1. The van der Waals surface area contributed by atoms with Gasteiger partial charge in [0.2, 0.25) is 0 Å². The van der Waals surface area contributed by atoms with Crippen molar-refractivity contribution < 1.29 is 4.79 Å². The van der Waals surface area contributed by atoms with Crippen LogP contribution in [0, 0.1) is 0 Å². The van der Waals surface area contributed by atoms with E-state index in [2.05, 4.69) is 12.1 Å². The van der Waals surface area contributed by atoms with Gasteiger partial charge < -0.3 is 5.73 Å². The van der Waals surface area contributed by atoms with Crippen LogP contribution in [0.15, 0.2) is 54.6 Å². The molecule has 0 radical (unpaired) electrons. The number of ketones is 1. The minimum absolute atomic E-state index is 0.132. The molecule has 0 aliphatic heterocycles. The Bertz CT molecular complexity index is 616. The number of benzene rings is 2. The smallest absolute Gasteiger partial charge is 0.164 e. The number of rotatable bonds is 5. The van der Waals surface area contributed by atoms with Crippen molar-refractivity contribution in [2.45, 2.75) is 37.6 Å². The summed E-state index contributed by atoms with van der Waals surface area (Å²) in [5.74, 6) is 0.785. The first-order chi connectivity index (χ1) is 10.2. The Kier molecular flexibility index (Phi) is 4.16. The van der Waals surface area contributed by atoms with E-state index < -0.39 is 0 Å². The molecule has 1 fully saturated rings. The standard InChI is InChI=1S/C19H21NO/c20-18(15-6-2-1-3-7-15)13-19(21)17-11-5-10-16(12-17)14-8-4-9-14/h1-3,5-7,10-12,14,18H,4,8-9,13,20H2. The van der Waals surface area contributed by atoms with Crippen LogP contribution in [0.2, 0.25) is 0 Å². The lowest BCUT2D eigenvalue weighted by molar-refractivity contribution is 0.0974. The van der Waals surface area contributed by atoms with Crippen LogP contribution in [-0.2, 0) is 0 Å². The molecule has 2 heteroatoms. The van der Waals surface area contributed by atoms with Crippen LogP contribution in [0.4, 0.5) is 0 Å². The van der Waals surface area contributed by atoms with Crippen LogP contribution >= 0.6 is 0 Å². The fourth-order valence-corrected chi connectivity index (χ4v) is 2.84. The average Bonchev–Trinajstić information content (AvgIpc) is 2.46. The molecule has 0 aromatic heterocycles. The zero-order valence-electron chi connectivity index (χ0n) is 12.2. The molecule has 2 N–H and O–H groups in total. The van der Waals surface area contributed by atoms with Gasteiger partial charge in [0.05, 0.1) is 0 Å². The third-order valence-corrected chi connectivity index (χ3v) is 4.42. The average molecular weight is 279 g/mol. The molecule has 1 aliphatic rings. The fourth-order valence-electron chi connectivity index (χ4n) is 2.84. The highest BCUT2D eigenvalue weighted by Crippen LogP contribution is 2.36. The molecule has 2 aromatic carbocycles. The van der Waals surface area contributed by atoms with Gasteiger partial charge in [0, 0.05) is 18.0 Å². The second-order valence-corrected chi connectivity index (χ2v) is 5.90. The molecule has 3 rings (SSSR count). The molecule has 0 saturated heterocycles. The van der Waals surface area contributed by atoms with Crippen molar-refractivity contribution in [2.24, 2.45) is 5.73 Å². The third-order valence-electron chi connectivity index (χ3n) is 4.42. The zero-order chi connectivity index (χ0) is 14.7. The van der Waals surface area contributed by atoms with Crippen molar-refractivity contribution in [3.8, 4) is 0 Å². The van der Waals surface area contributed by atoms with Crippen LogP contribution in [0.25, 0.3) is 0 Å². The van der Waals surface area contributed by atoms with Crippen LogP contribution < -0.4 is 5.73 Å². The van der Waals surface area contributed by atoms with Gasteiger partial charge in [-0.1, -0.05) is 55.0 Å². The largest absolute Gasteiger partial charge is 0.324 e. The molecular weight excluding hydrogens is 258 g/mol. The van der Waals surface area contributed by atoms with E-state index in [1.54, 1.807) is 0 Å². The van der Waals surface area contributed by atoms with Crippen LogP contribution in [0.3, 0.4) is 0 Å².